The fourth-order valence-electron chi connectivity index (χ4n) is 11.5. The summed E-state index contributed by atoms with van der Waals surface area (Å²) in [7, 11) is 0. The summed E-state index contributed by atoms with van der Waals surface area (Å²) in [5, 5.41) is 57.4. The van der Waals surface area contributed by atoms with Gasteiger partial charge in [-0.2, -0.15) is 0 Å². The maximum Gasteiger partial charge on any atom is 0.306 e. The van der Waals surface area contributed by atoms with Gasteiger partial charge in [-0.3, -0.25) is 9.59 Å². The van der Waals surface area contributed by atoms with Crippen LogP contribution in [0, 0.1) is 0 Å². The van der Waals surface area contributed by atoms with Gasteiger partial charge in [0.25, 0.3) is 0 Å². The van der Waals surface area contributed by atoms with Gasteiger partial charge in [-0.25, -0.2) is 0 Å². The van der Waals surface area contributed by atoms with Crippen molar-refractivity contribution >= 4 is 11.9 Å². The molecule has 0 aromatic rings. The molecule has 6 N–H and O–H groups in total. The molecule has 1 heterocycles. The van der Waals surface area contributed by atoms with Crippen LogP contribution in [-0.2, 0) is 23.8 Å². The van der Waals surface area contributed by atoms with E-state index in [0.29, 0.717) is 12.8 Å². The van der Waals surface area contributed by atoms with Gasteiger partial charge in [0, 0.05) is 6.42 Å². The number of rotatable bonds is 65. The first-order chi connectivity index (χ1) is 44.7. The third-order valence-corrected chi connectivity index (χ3v) is 17.5. The molecule has 11 nitrogen and oxygen atoms in total. The maximum absolute atomic E-state index is 13.5. The Hall–Kier alpha value is -3.42. The minimum absolute atomic E-state index is 0.116. The Bertz CT molecular complexity index is 1860. The maximum atomic E-state index is 13.5. The Balaban J connectivity index is 2.55. The molecular weight excluding hydrogens is 1130 g/mol. The Labute approximate surface area is 558 Å². The number of amides is 1. The van der Waals surface area contributed by atoms with Crippen LogP contribution in [0.1, 0.15) is 335 Å². The van der Waals surface area contributed by atoms with E-state index in [2.05, 4.69) is 111 Å². The van der Waals surface area contributed by atoms with Crippen LogP contribution in [0.2, 0.25) is 0 Å². The first-order valence-electron chi connectivity index (χ1n) is 38.0. The van der Waals surface area contributed by atoms with Crippen LogP contribution in [0.15, 0.2) is 97.2 Å². The van der Waals surface area contributed by atoms with Gasteiger partial charge in [0.05, 0.1) is 25.4 Å². The average Bonchev–Trinajstić information content (AvgIpc) is 1.11. The zero-order chi connectivity index (χ0) is 66.0. The van der Waals surface area contributed by atoms with E-state index in [4.69, 9.17) is 14.2 Å². The van der Waals surface area contributed by atoms with Crippen molar-refractivity contribution in [1.82, 2.24) is 5.32 Å². The predicted molar refractivity (Wildman–Crippen MR) is 384 cm³/mol. The molecule has 1 saturated heterocycles. The Morgan fingerprint density at radius 1 is 0.429 bits per heavy atom. The zero-order valence-electron chi connectivity index (χ0n) is 58.7. The summed E-state index contributed by atoms with van der Waals surface area (Å²) in [5.41, 5.74) is 0. The second kappa shape index (κ2) is 66.6. The number of nitrogens with one attached hydrogen (secondary N) is 1. The lowest BCUT2D eigenvalue weighted by Crippen LogP contribution is -2.61. The quantitative estimate of drug-likeness (QED) is 0.0195. The van der Waals surface area contributed by atoms with Crippen molar-refractivity contribution in [2.45, 2.75) is 384 Å². The summed E-state index contributed by atoms with van der Waals surface area (Å²) < 4.78 is 17.7. The monoisotopic (exact) mass is 1280 g/mol. The van der Waals surface area contributed by atoms with Gasteiger partial charge in [-0.05, 0) is 109 Å². The van der Waals surface area contributed by atoms with Gasteiger partial charge in [-0.1, -0.05) is 317 Å². The van der Waals surface area contributed by atoms with E-state index in [-0.39, 0.29) is 19.4 Å². The molecule has 91 heavy (non-hydrogen) atoms. The van der Waals surface area contributed by atoms with Crippen LogP contribution >= 0.6 is 0 Å². The fraction of sp³-hybridized carbons (Fsp3) is 0.775. The summed E-state index contributed by atoms with van der Waals surface area (Å²) in [6.45, 7) is 5.77. The second-order valence-corrected chi connectivity index (χ2v) is 26.0. The highest BCUT2D eigenvalue weighted by molar-refractivity contribution is 5.80. The molecule has 0 bridgehead atoms. The molecule has 526 valence electrons. The normalized spacial score (nSPS) is 18.5. The van der Waals surface area contributed by atoms with E-state index in [1.54, 1.807) is 6.08 Å². The average molecular weight is 1280 g/mol. The van der Waals surface area contributed by atoms with Crippen LogP contribution in [0.25, 0.3) is 0 Å². The molecule has 11 heteroatoms. The molecule has 0 spiro atoms. The lowest BCUT2D eigenvalue weighted by Gasteiger charge is -2.41. The standard InChI is InChI=1S/C80H141NO10/c1-4-7-10-13-16-19-22-25-27-29-31-33-35-36-37-38-39-41-43-45-47-50-53-56-59-62-65-68-75(85)91-78-77(87)76(86)74(69-82)90-80(78)89-70-71(72(83)66-63-60-57-54-51-48-24-21-18-15-12-9-6-3)81-79(88)73(84)67-64-61-58-55-52-49-46-44-42-40-34-32-30-28-26-23-20-17-14-11-8-5-2/h16-17,19-20,25-28,31-34,36-37,63,66,71-74,76-78,80,82-84,86-87H,4-15,18,21-24,29-30,35,38-62,64-65,67-70H2,1-3H3,(H,81,88)/b19-16-,20-17-,27-25-,28-26-,33-31-,34-32-,37-36-,66-63+. The fourth-order valence-corrected chi connectivity index (χ4v) is 11.5. The number of hydrogen-bond donors (Lipinski definition) is 6. The number of carbonyl (C=O) groups excluding carboxylic acids is 2. The minimum Gasteiger partial charge on any atom is -0.454 e. The molecule has 1 aliphatic rings. The Kier molecular flexibility index (Phi) is 62.6. The van der Waals surface area contributed by atoms with Gasteiger partial charge in [0.2, 0.25) is 5.91 Å². The van der Waals surface area contributed by atoms with Gasteiger partial charge in [-0.15, -0.1) is 0 Å². The van der Waals surface area contributed by atoms with E-state index in [0.717, 1.165) is 103 Å². The van der Waals surface area contributed by atoms with Gasteiger partial charge in [0.15, 0.2) is 12.4 Å². The molecule has 0 aromatic heterocycles. The molecule has 0 aliphatic carbocycles. The second-order valence-electron chi connectivity index (χ2n) is 26.0. The van der Waals surface area contributed by atoms with E-state index in [1.165, 1.54) is 186 Å². The molecule has 0 radical (unpaired) electrons. The van der Waals surface area contributed by atoms with Crippen molar-refractivity contribution < 1.29 is 49.3 Å². The van der Waals surface area contributed by atoms with Crippen LogP contribution < -0.4 is 5.32 Å². The van der Waals surface area contributed by atoms with E-state index >= 15 is 0 Å². The van der Waals surface area contributed by atoms with Gasteiger partial charge >= 0.3 is 5.97 Å². The highest BCUT2D eigenvalue weighted by atomic mass is 16.7. The molecule has 1 rings (SSSR count). The van der Waals surface area contributed by atoms with Crippen LogP contribution in [0.5, 0.6) is 0 Å². The Morgan fingerprint density at radius 3 is 1.15 bits per heavy atom. The third kappa shape index (κ3) is 53.5. The van der Waals surface area contributed by atoms with Crippen LogP contribution in [-0.4, -0.2) is 99.6 Å². The molecule has 0 aromatic carbocycles. The molecule has 0 saturated carbocycles. The molecular formula is C80H141NO10. The van der Waals surface area contributed by atoms with Crippen molar-refractivity contribution in [3.8, 4) is 0 Å². The largest absolute Gasteiger partial charge is 0.454 e. The van der Waals surface area contributed by atoms with Crippen LogP contribution in [0.4, 0.5) is 0 Å². The van der Waals surface area contributed by atoms with Crippen molar-refractivity contribution in [3.63, 3.8) is 0 Å². The highest BCUT2D eigenvalue weighted by Crippen LogP contribution is 2.26. The zero-order valence-corrected chi connectivity index (χ0v) is 58.7. The highest BCUT2D eigenvalue weighted by Gasteiger charge is 2.47. The van der Waals surface area contributed by atoms with Crippen LogP contribution in [0.3, 0.4) is 0 Å². The first kappa shape index (κ1) is 85.6. The van der Waals surface area contributed by atoms with E-state index in [1.807, 2.05) is 6.08 Å². The summed E-state index contributed by atoms with van der Waals surface area (Å²) in [4.78, 5) is 26.8. The number of aliphatic hydroxyl groups is 5. The SMILES string of the molecule is CCCCC/C=C\C/C=C\C/C=C\C/C=C\CCCCCCCCCCCCCC(=O)OC1C(OCC(NC(=O)C(O)CCCCCCCCCCC/C=C\C/C=C\C/C=C\CCCCC)C(O)/C=C/CCCCCCCCCCCCC)OC(CO)C(O)C1O. The summed E-state index contributed by atoms with van der Waals surface area (Å²) in [5.74, 6) is -1.20. The summed E-state index contributed by atoms with van der Waals surface area (Å²) >= 11 is 0. The number of unbranched alkanes of at least 4 members (excludes halogenated alkanes) is 37. The molecule has 8 atom stereocenters. The van der Waals surface area contributed by atoms with Gasteiger partial charge in [0.1, 0.15) is 24.4 Å². The Morgan fingerprint density at radius 2 is 0.758 bits per heavy atom. The number of aliphatic hydroxyl groups excluding tert-OH is 5. The number of ether oxygens (including phenoxy) is 3. The minimum atomic E-state index is -1.62. The topological polar surface area (TPSA) is 175 Å². The first-order valence-corrected chi connectivity index (χ1v) is 38.0. The smallest absolute Gasteiger partial charge is 0.306 e. The number of esters is 1. The molecule has 1 amide bonds. The summed E-state index contributed by atoms with van der Waals surface area (Å²) in [6, 6.07) is -1.03. The van der Waals surface area contributed by atoms with Crippen molar-refractivity contribution in [1.29, 1.82) is 0 Å². The predicted octanol–water partition coefficient (Wildman–Crippen LogP) is 20.2. The number of carbonyl (C=O) groups is 2. The lowest BCUT2D eigenvalue weighted by atomic mass is 9.99. The molecule has 8 unspecified atom stereocenters. The lowest BCUT2D eigenvalue weighted by molar-refractivity contribution is -0.305. The summed E-state index contributed by atoms with van der Waals surface area (Å²) in [6.07, 6.45) is 80.1. The molecule has 1 fully saturated rings. The van der Waals surface area contributed by atoms with Crippen molar-refractivity contribution in [2.24, 2.45) is 0 Å². The van der Waals surface area contributed by atoms with Gasteiger partial charge < -0.3 is 45.1 Å². The van der Waals surface area contributed by atoms with Crippen molar-refractivity contribution in [2.75, 3.05) is 13.2 Å². The number of hydrogen-bond acceptors (Lipinski definition) is 10. The third-order valence-electron chi connectivity index (χ3n) is 17.5. The van der Waals surface area contributed by atoms with E-state index in [9.17, 15) is 35.1 Å². The van der Waals surface area contributed by atoms with Crippen molar-refractivity contribution in [3.05, 3.63) is 97.2 Å². The van der Waals surface area contributed by atoms with E-state index < -0.39 is 67.4 Å². The number of allylic oxidation sites excluding steroid dienone is 15. The molecule has 1 aliphatic heterocycles.